The molecule has 0 saturated carbocycles. The fourth-order valence-corrected chi connectivity index (χ4v) is 2.80. The van der Waals surface area contributed by atoms with Crippen LogP contribution in [0, 0.1) is 5.41 Å². The van der Waals surface area contributed by atoms with Crippen molar-refractivity contribution in [1.82, 2.24) is 5.32 Å². The van der Waals surface area contributed by atoms with E-state index < -0.39 is 5.41 Å². The lowest BCUT2D eigenvalue weighted by Gasteiger charge is -2.23. The molecule has 0 bridgehead atoms. The topological polar surface area (TPSA) is 76.7 Å². The third kappa shape index (κ3) is 12.2. The Morgan fingerprint density at radius 1 is 0.897 bits per heavy atom. The molecule has 0 aromatic heterocycles. The standard InChI is InChI=1S/C23H38N2O4/c1-5-7-15-28-16-8-13-24-21(26)17-23(3,4)18-22(27)25-19-9-11-20(12-10-19)29-14-6-2/h9-12H,5-8,13-18H2,1-4H3,(H,24,26)(H,25,27). The number of hydrogen-bond donors (Lipinski definition) is 2. The molecule has 0 saturated heterocycles. The maximum Gasteiger partial charge on any atom is 0.224 e. The van der Waals surface area contributed by atoms with Crippen molar-refractivity contribution in [1.29, 1.82) is 0 Å². The van der Waals surface area contributed by atoms with E-state index in [1.54, 1.807) is 0 Å². The number of carbonyl (C=O) groups is 2. The summed E-state index contributed by atoms with van der Waals surface area (Å²) in [5.74, 6) is 0.653. The van der Waals surface area contributed by atoms with Crippen LogP contribution in [0.3, 0.4) is 0 Å². The highest BCUT2D eigenvalue weighted by Gasteiger charge is 2.25. The van der Waals surface area contributed by atoms with Crippen molar-refractivity contribution in [2.75, 3.05) is 31.7 Å². The van der Waals surface area contributed by atoms with Gasteiger partial charge in [-0.15, -0.1) is 0 Å². The number of ether oxygens (including phenoxy) is 2. The van der Waals surface area contributed by atoms with Crippen LogP contribution < -0.4 is 15.4 Å². The molecule has 0 aliphatic heterocycles. The molecule has 164 valence electrons. The third-order valence-corrected chi connectivity index (χ3v) is 4.32. The van der Waals surface area contributed by atoms with E-state index in [0.717, 1.165) is 43.7 Å². The second-order valence-electron chi connectivity index (χ2n) is 8.11. The van der Waals surface area contributed by atoms with Crippen molar-refractivity contribution in [2.45, 2.75) is 66.2 Å². The first-order valence-corrected chi connectivity index (χ1v) is 10.7. The second-order valence-corrected chi connectivity index (χ2v) is 8.11. The summed E-state index contributed by atoms with van der Waals surface area (Å²) in [5, 5.41) is 5.80. The molecule has 29 heavy (non-hydrogen) atoms. The molecule has 0 atom stereocenters. The highest BCUT2D eigenvalue weighted by Crippen LogP contribution is 2.26. The van der Waals surface area contributed by atoms with Crippen molar-refractivity contribution >= 4 is 17.5 Å². The summed E-state index contributed by atoms with van der Waals surface area (Å²) >= 11 is 0. The van der Waals surface area contributed by atoms with Gasteiger partial charge >= 0.3 is 0 Å². The van der Waals surface area contributed by atoms with Gasteiger partial charge in [0.05, 0.1) is 6.61 Å². The van der Waals surface area contributed by atoms with E-state index in [9.17, 15) is 9.59 Å². The van der Waals surface area contributed by atoms with E-state index >= 15 is 0 Å². The SMILES string of the molecule is CCCCOCCCNC(=O)CC(C)(C)CC(=O)Nc1ccc(OCCC)cc1. The number of rotatable bonds is 15. The summed E-state index contributed by atoms with van der Waals surface area (Å²) in [6.07, 6.45) is 4.52. The van der Waals surface area contributed by atoms with Gasteiger partial charge in [-0.25, -0.2) is 0 Å². The zero-order chi connectivity index (χ0) is 21.5. The van der Waals surface area contributed by atoms with Gasteiger partial charge in [0.2, 0.25) is 11.8 Å². The fourth-order valence-electron chi connectivity index (χ4n) is 2.80. The molecule has 1 rings (SSSR count). The molecule has 2 amide bonds. The minimum absolute atomic E-state index is 0.0335. The zero-order valence-corrected chi connectivity index (χ0v) is 18.5. The van der Waals surface area contributed by atoms with Crippen LogP contribution >= 0.6 is 0 Å². The average molecular weight is 407 g/mol. The predicted molar refractivity (Wildman–Crippen MR) is 117 cm³/mol. The molecular weight excluding hydrogens is 368 g/mol. The first kappa shape index (κ1) is 25.0. The number of amides is 2. The number of nitrogens with one attached hydrogen (secondary N) is 2. The highest BCUT2D eigenvalue weighted by atomic mass is 16.5. The summed E-state index contributed by atoms with van der Waals surface area (Å²) < 4.78 is 11.0. The monoisotopic (exact) mass is 406 g/mol. The van der Waals surface area contributed by atoms with E-state index in [-0.39, 0.29) is 18.2 Å². The summed E-state index contributed by atoms with van der Waals surface area (Å²) in [6.45, 7) is 10.8. The van der Waals surface area contributed by atoms with E-state index in [0.29, 0.717) is 26.2 Å². The summed E-state index contributed by atoms with van der Waals surface area (Å²) in [4.78, 5) is 24.5. The van der Waals surface area contributed by atoms with E-state index in [4.69, 9.17) is 9.47 Å². The van der Waals surface area contributed by atoms with Gasteiger partial charge < -0.3 is 20.1 Å². The molecule has 0 aliphatic rings. The van der Waals surface area contributed by atoms with E-state index in [1.807, 2.05) is 38.1 Å². The van der Waals surface area contributed by atoms with Gasteiger partial charge in [0.15, 0.2) is 0 Å². The normalized spacial score (nSPS) is 11.2. The van der Waals surface area contributed by atoms with Gasteiger partial charge in [0.25, 0.3) is 0 Å². The predicted octanol–water partition coefficient (Wildman–Crippen LogP) is 4.54. The van der Waals surface area contributed by atoms with Crippen molar-refractivity contribution in [2.24, 2.45) is 5.41 Å². The minimum Gasteiger partial charge on any atom is -0.494 e. The Hall–Kier alpha value is -2.08. The van der Waals surface area contributed by atoms with E-state index in [2.05, 4.69) is 24.5 Å². The Labute approximate surface area is 175 Å². The quantitative estimate of drug-likeness (QED) is 0.419. The molecule has 6 nitrogen and oxygen atoms in total. The van der Waals surface area contributed by atoms with Crippen molar-refractivity contribution in [3.05, 3.63) is 24.3 Å². The maximum absolute atomic E-state index is 12.4. The van der Waals surface area contributed by atoms with Gasteiger partial charge in [-0.05, 0) is 48.9 Å². The van der Waals surface area contributed by atoms with Crippen LogP contribution in [0.5, 0.6) is 5.75 Å². The molecule has 2 N–H and O–H groups in total. The molecule has 6 heteroatoms. The molecule has 1 aromatic carbocycles. The molecule has 1 aromatic rings. The lowest BCUT2D eigenvalue weighted by atomic mass is 9.85. The number of anilines is 1. The Morgan fingerprint density at radius 3 is 2.21 bits per heavy atom. The van der Waals surface area contributed by atoms with Crippen molar-refractivity contribution < 1.29 is 19.1 Å². The van der Waals surface area contributed by atoms with Crippen LogP contribution in [0.15, 0.2) is 24.3 Å². The van der Waals surface area contributed by atoms with E-state index in [1.165, 1.54) is 0 Å². The van der Waals surface area contributed by atoms with Crippen molar-refractivity contribution in [3.8, 4) is 5.75 Å². The van der Waals surface area contributed by atoms with Crippen LogP contribution in [-0.2, 0) is 14.3 Å². The minimum atomic E-state index is -0.421. The van der Waals surface area contributed by atoms with Crippen LogP contribution in [0.25, 0.3) is 0 Å². The second kappa shape index (κ2) is 14.0. The van der Waals surface area contributed by atoms with Gasteiger partial charge in [0, 0.05) is 38.3 Å². The average Bonchev–Trinajstić information content (AvgIpc) is 2.65. The molecule has 0 radical (unpaired) electrons. The lowest BCUT2D eigenvalue weighted by molar-refractivity contribution is -0.124. The third-order valence-electron chi connectivity index (χ3n) is 4.32. The van der Waals surface area contributed by atoms with Crippen LogP contribution in [-0.4, -0.2) is 38.2 Å². The van der Waals surface area contributed by atoms with Gasteiger partial charge in [-0.2, -0.15) is 0 Å². The Bertz CT molecular complexity index is 599. The van der Waals surface area contributed by atoms with Crippen LogP contribution in [0.2, 0.25) is 0 Å². The molecule has 0 spiro atoms. The van der Waals surface area contributed by atoms with Gasteiger partial charge in [-0.1, -0.05) is 34.1 Å². The first-order valence-electron chi connectivity index (χ1n) is 10.7. The number of hydrogen-bond acceptors (Lipinski definition) is 4. The van der Waals surface area contributed by atoms with Gasteiger partial charge in [0.1, 0.15) is 5.75 Å². The van der Waals surface area contributed by atoms with Crippen molar-refractivity contribution in [3.63, 3.8) is 0 Å². The Kier molecular flexibility index (Phi) is 12.0. The largest absolute Gasteiger partial charge is 0.494 e. The lowest BCUT2D eigenvalue weighted by Crippen LogP contribution is -2.32. The smallest absolute Gasteiger partial charge is 0.224 e. The van der Waals surface area contributed by atoms with Gasteiger partial charge in [-0.3, -0.25) is 9.59 Å². The highest BCUT2D eigenvalue weighted by molar-refractivity contribution is 5.91. The summed E-state index contributed by atoms with van der Waals surface area (Å²) in [5.41, 5.74) is 0.304. The Morgan fingerprint density at radius 2 is 1.55 bits per heavy atom. The Balaban J connectivity index is 2.29. The molecule has 0 unspecified atom stereocenters. The fraction of sp³-hybridized carbons (Fsp3) is 0.652. The number of benzene rings is 1. The number of carbonyl (C=O) groups excluding carboxylic acids is 2. The molecule has 0 heterocycles. The molecular formula is C23H38N2O4. The summed E-state index contributed by atoms with van der Waals surface area (Å²) in [7, 11) is 0. The molecule has 0 aliphatic carbocycles. The summed E-state index contributed by atoms with van der Waals surface area (Å²) in [6, 6.07) is 7.34. The first-order chi connectivity index (χ1) is 13.9. The maximum atomic E-state index is 12.4. The van der Waals surface area contributed by atoms with Crippen LogP contribution in [0.4, 0.5) is 5.69 Å². The molecule has 0 fully saturated rings. The van der Waals surface area contributed by atoms with Crippen LogP contribution in [0.1, 0.15) is 66.2 Å². The number of unbranched alkanes of at least 4 members (excludes halogenated alkanes) is 1. The zero-order valence-electron chi connectivity index (χ0n) is 18.5.